The van der Waals surface area contributed by atoms with E-state index < -0.39 is 5.91 Å². The molecule has 3 rings (SSSR count). The number of halogens is 1. The van der Waals surface area contributed by atoms with Gasteiger partial charge in [-0.1, -0.05) is 29.8 Å². The van der Waals surface area contributed by atoms with E-state index in [1.807, 2.05) is 18.2 Å². The molecule has 2 aromatic heterocycles. The molecule has 0 spiro atoms. The van der Waals surface area contributed by atoms with Crippen molar-refractivity contribution in [2.24, 2.45) is 0 Å². The monoisotopic (exact) mass is 372 g/mol. The second kappa shape index (κ2) is 7.87. The van der Waals surface area contributed by atoms with Gasteiger partial charge in [-0.15, -0.1) is 11.3 Å². The van der Waals surface area contributed by atoms with Crippen LogP contribution in [0.25, 0.3) is 10.6 Å². The molecule has 1 aromatic carbocycles. The van der Waals surface area contributed by atoms with Gasteiger partial charge in [0, 0.05) is 23.3 Å². The third-order valence-corrected chi connectivity index (χ3v) is 4.49. The highest BCUT2D eigenvalue weighted by Gasteiger charge is 2.12. The number of thiazole rings is 1. The predicted octanol–water partition coefficient (Wildman–Crippen LogP) is 2.86. The molecule has 25 heavy (non-hydrogen) atoms. The summed E-state index contributed by atoms with van der Waals surface area (Å²) in [4.78, 5) is 32.1. The molecule has 0 radical (unpaired) electrons. The third-order valence-electron chi connectivity index (χ3n) is 3.24. The summed E-state index contributed by atoms with van der Waals surface area (Å²) in [5, 5.41) is 3.14. The molecule has 0 fully saturated rings. The van der Waals surface area contributed by atoms with Crippen molar-refractivity contribution >= 4 is 34.8 Å². The minimum atomic E-state index is -0.434. The van der Waals surface area contributed by atoms with Crippen molar-refractivity contribution in [2.75, 3.05) is 0 Å². The summed E-state index contributed by atoms with van der Waals surface area (Å²) in [5.74, 6) is -0.801. The van der Waals surface area contributed by atoms with Gasteiger partial charge in [0.2, 0.25) is 5.91 Å². The summed E-state index contributed by atoms with van der Waals surface area (Å²) < 4.78 is 0. The van der Waals surface area contributed by atoms with Crippen molar-refractivity contribution in [3.05, 3.63) is 70.5 Å². The molecule has 0 aliphatic carbocycles. The minimum Gasteiger partial charge on any atom is -0.273 e. The first-order valence-electron chi connectivity index (χ1n) is 7.32. The molecule has 6 nitrogen and oxygen atoms in total. The van der Waals surface area contributed by atoms with Crippen LogP contribution in [0.15, 0.2) is 54.2 Å². The summed E-state index contributed by atoms with van der Waals surface area (Å²) >= 11 is 7.56. The summed E-state index contributed by atoms with van der Waals surface area (Å²) in [5.41, 5.74) is 6.49. The maximum atomic E-state index is 12.0. The van der Waals surface area contributed by atoms with Crippen LogP contribution in [0.1, 0.15) is 16.1 Å². The van der Waals surface area contributed by atoms with Crippen LogP contribution in [-0.2, 0) is 11.2 Å². The third kappa shape index (κ3) is 4.40. The quantitative estimate of drug-likeness (QED) is 0.690. The van der Waals surface area contributed by atoms with Crippen LogP contribution in [0.5, 0.6) is 0 Å². The number of pyridine rings is 1. The molecule has 0 bridgehead atoms. The first kappa shape index (κ1) is 17.1. The van der Waals surface area contributed by atoms with E-state index in [-0.39, 0.29) is 12.3 Å². The summed E-state index contributed by atoms with van der Waals surface area (Å²) in [6.45, 7) is 0. The Morgan fingerprint density at radius 3 is 2.72 bits per heavy atom. The maximum Gasteiger partial charge on any atom is 0.271 e. The number of carbonyl (C=O) groups excluding carboxylic acids is 2. The topological polar surface area (TPSA) is 84.0 Å². The SMILES string of the molecule is O=C(Cc1csc(-c2ccccc2Cl)n1)NNC(=O)c1cccnc1. The molecule has 0 saturated heterocycles. The summed E-state index contributed by atoms with van der Waals surface area (Å²) in [6, 6.07) is 10.6. The zero-order chi connectivity index (χ0) is 17.6. The van der Waals surface area contributed by atoms with Crippen LogP contribution in [0.2, 0.25) is 5.02 Å². The molecule has 3 aromatic rings. The Kier molecular flexibility index (Phi) is 5.37. The van der Waals surface area contributed by atoms with Crippen LogP contribution in [0, 0.1) is 0 Å². The molecule has 0 saturated carbocycles. The second-order valence-corrected chi connectivity index (χ2v) is 6.31. The number of hydrogen-bond acceptors (Lipinski definition) is 5. The molecule has 126 valence electrons. The zero-order valence-electron chi connectivity index (χ0n) is 12.9. The van der Waals surface area contributed by atoms with Gasteiger partial charge in [0.05, 0.1) is 22.7 Å². The van der Waals surface area contributed by atoms with Gasteiger partial charge in [0.15, 0.2) is 0 Å². The van der Waals surface area contributed by atoms with Crippen molar-refractivity contribution < 1.29 is 9.59 Å². The van der Waals surface area contributed by atoms with Crippen molar-refractivity contribution in [3.63, 3.8) is 0 Å². The zero-order valence-corrected chi connectivity index (χ0v) is 14.5. The van der Waals surface area contributed by atoms with Crippen LogP contribution >= 0.6 is 22.9 Å². The summed E-state index contributed by atoms with van der Waals surface area (Å²) in [6.07, 6.45) is 3.03. The Balaban J connectivity index is 1.57. The van der Waals surface area contributed by atoms with Crippen LogP contribution in [-0.4, -0.2) is 21.8 Å². The van der Waals surface area contributed by atoms with Crippen molar-refractivity contribution in [1.29, 1.82) is 0 Å². The maximum absolute atomic E-state index is 12.0. The van der Waals surface area contributed by atoms with Gasteiger partial charge >= 0.3 is 0 Å². The van der Waals surface area contributed by atoms with Crippen molar-refractivity contribution in [3.8, 4) is 10.6 Å². The highest BCUT2D eigenvalue weighted by Crippen LogP contribution is 2.30. The number of hydrogen-bond donors (Lipinski definition) is 2. The lowest BCUT2D eigenvalue weighted by Crippen LogP contribution is -2.42. The van der Waals surface area contributed by atoms with E-state index >= 15 is 0 Å². The van der Waals surface area contributed by atoms with E-state index in [9.17, 15) is 9.59 Å². The number of aromatic nitrogens is 2. The number of benzene rings is 1. The van der Waals surface area contributed by atoms with Gasteiger partial charge in [0.1, 0.15) is 5.01 Å². The van der Waals surface area contributed by atoms with Gasteiger partial charge in [-0.05, 0) is 18.2 Å². The molecular formula is C17H13ClN4O2S. The lowest BCUT2D eigenvalue weighted by atomic mass is 10.2. The second-order valence-electron chi connectivity index (χ2n) is 5.04. The number of nitrogens with zero attached hydrogens (tertiary/aromatic N) is 2. The molecule has 8 heteroatoms. The van der Waals surface area contributed by atoms with E-state index in [0.29, 0.717) is 16.3 Å². The number of nitrogens with one attached hydrogen (secondary N) is 2. The van der Waals surface area contributed by atoms with Gasteiger partial charge < -0.3 is 0 Å². The molecule has 2 amide bonds. The first-order chi connectivity index (χ1) is 12.1. The van der Waals surface area contributed by atoms with E-state index in [1.165, 1.54) is 17.5 Å². The highest BCUT2D eigenvalue weighted by atomic mass is 35.5. The average molecular weight is 373 g/mol. The predicted molar refractivity (Wildman–Crippen MR) is 96.1 cm³/mol. The van der Waals surface area contributed by atoms with E-state index in [1.54, 1.807) is 29.8 Å². The number of carbonyl (C=O) groups is 2. The molecular weight excluding hydrogens is 360 g/mol. The Morgan fingerprint density at radius 1 is 1.12 bits per heavy atom. The summed E-state index contributed by atoms with van der Waals surface area (Å²) in [7, 11) is 0. The van der Waals surface area contributed by atoms with Crippen molar-refractivity contribution in [2.45, 2.75) is 6.42 Å². The smallest absolute Gasteiger partial charge is 0.271 e. The van der Waals surface area contributed by atoms with Crippen molar-refractivity contribution in [1.82, 2.24) is 20.8 Å². The number of rotatable bonds is 4. The molecule has 0 unspecified atom stereocenters. The fourth-order valence-corrected chi connectivity index (χ4v) is 3.19. The lowest BCUT2D eigenvalue weighted by molar-refractivity contribution is -0.121. The van der Waals surface area contributed by atoms with E-state index in [2.05, 4.69) is 20.8 Å². The average Bonchev–Trinajstić information content (AvgIpc) is 3.09. The van der Waals surface area contributed by atoms with Gasteiger partial charge in [-0.25, -0.2) is 4.98 Å². The molecule has 0 atom stereocenters. The number of hydrazine groups is 1. The van der Waals surface area contributed by atoms with Crippen LogP contribution in [0.4, 0.5) is 0 Å². The normalized spacial score (nSPS) is 10.3. The fourth-order valence-electron chi connectivity index (χ4n) is 2.05. The largest absolute Gasteiger partial charge is 0.273 e. The van der Waals surface area contributed by atoms with Gasteiger partial charge in [-0.3, -0.25) is 25.4 Å². The Hall–Kier alpha value is -2.77. The molecule has 2 heterocycles. The number of amides is 2. The highest BCUT2D eigenvalue weighted by molar-refractivity contribution is 7.13. The van der Waals surface area contributed by atoms with E-state index in [0.717, 1.165) is 10.6 Å². The lowest BCUT2D eigenvalue weighted by Gasteiger charge is -2.06. The minimum absolute atomic E-state index is 0.0499. The van der Waals surface area contributed by atoms with Crippen LogP contribution < -0.4 is 10.9 Å². The first-order valence-corrected chi connectivity index (χ1v) is 8.58. The molecule has 0 aliphatic heterocycles. The van der Waals surface area contributed by atoms with Gasteiger partial charge in [-0.2, -0.15) is 0 Å². The fraction of sp³-hybridized carbons (Fsp3) is 0.0588. The Labute approximate surface area is 152 Å². The standard InChI is InChI=1S/C17H13ClN4O2S/c18-14-6-2-1-5-13(14)17-20-12(10-25-17)8-15(23)21-22-16(24)11-4-3-7-19-9-11/h1-7,9-10H,8H2,(H,21,23)(H,22,24). The Bertz CT molecular complexity index is 898. The van der Waals surface area contributed by atoms with Crippen LogP contribution in [0.3, 0.4) is 0 Å². The Morgan fingerprint density at radius 2 is 1.96 bits per heavy atom. The molecule has 2 N–H and O–H groups in total. The van der Waals surface area contributed by atoms with E-state index in [4.69, 9.17) is 11.6 Å². The van der Waals surface area contributed by atoms with Gasteiger partial charge in [0.25, 0.3) is 5.91 Å². The molecule has 0 aliphatic rings.